The van der Waals surface area contributed by atoms with Crippen LogP contribution in [0.1, 0.15) is 5.56 Å². The van der Waals surface area contributed by atoms with Crippen molar-refractivity contribution in [2.24, 2.45) is 0 Å². The summed E-state index contributed by atoms with van der Waals surface area (Å²) in [7, 11) is 0.226. The minimum atomic E-state index is -1.34. The molecule has 0 bridgehead atoms. The van der Waals surface area contributed by atoms with Crippen LogP contribution in [0.15, 0.2) is 47.4 Å². The molecule has 2 aromatic carbocycles. The van der Waals surface area contributed by atoms with E-state index in [1.54, 1.807) is 13.2 Å². The molecule has 3 nitrogen and oxygen atoms in total. The van der Waals surface area contributed by atoms with Gasteiger partial charge in [-0.3, -0.25) is 4.21 Å². The molecule has 19 heavy (non-hydrogen) atoms. The van der Waals surface area contributed by atoms with Gasteiger partial charge in [0, 0.05) is 5.56 Å². The van der Waals surface area contributed by atoms with Crippen molar-refractivity contribution in [3.05, 3.63) is 53.8 Å². The van der Waals surface area contributed by atoms with Gasteiger partial charge in [0.25, 0.3) is 0 Å². The first-order valence-corrected chi connectivity index (χ1v) is 6.99. The smallest absolute Gasteiger partial charge is 0.125 e. The second kappa shape index (κ2) is 5.84. The number of hydrogen-bond acceptors (Lipinski definition) is 3. The first kappa shape index (κ1) is 13.5. The zero-order chi connectivity index (χ0) is 13.8. The highest BCUT2D eigenvalue weighted by atomic mass is 32.2. The van der Waals surface area contributed by atoms with Crippen LogP contribution in [0.2, 0.25) is 0 Å². The summed E-state index contributed by atoms with van der Waals surface area (Å²) in [6.45, 7) is 0. The molecule has 0 aliphatic carbocycles. The van der Waals surface area contributed by atoms with Gasteiger partial charge < -0.3 is 10.5 Å². The number of rotatable bonds is 4. The molecular weight excluding hydrogens is 265 g/mol. The Bertz CT molecular complexity index is 616. The Morgan fingerprint density at radius 1 is 1.26 bits per heavy atom. The van der Waals surface area contributed by atoms with Crippen molar-refractivity contribution in [1.82, 2.24) is 0 Å². The molecule has 1 atom stereocenters. The first-order valence-electron chi connectivity index (χ1n) is 5.67. The quantitative estimate of drug-likeness (QED) is 0.875. The van der Waals surface area contributed by atoms with E-state index >= 15 is 0 Å². The summed E-state index contributed by atoms with van der Waals surface area (Å²) in [5.41, 5.74) is 6.71. The topological polar surface area (TPSA) is 52.3 Å². The van der Waals surface area contributed by atoms with Gasteiger partial charge in [0.2, 0.25) is 0 Å². The molecule has 0 aliphatic heterocycles. The van der Waals surface area contributed by atoms with Crippen LogP contribution in [0.5, 0.6) is 5.75 Å². The van der Waals surface area contributed by atoms with E-state index in [9.17, 15) is 8.60 Å². The Hall–Kier alpha value is -1.88. The van der Waals surface area contributed by atoms with Crippen molar-refractivity contribution in [3.63, 3.8) is 0 Å². The fourth-order valence-electron chi connectivity index (χ4n) is 1.77. The summed E-state index contributed by atoms with van der Waals surface area (Å²) < 4.78 is 30.4. The number of benzene rings is 2. The van der Waals surface area contributed by atoms with E-state index in [1.807, 2.05) is 18.2 Å². The Labute approximate surface area is 113 Å². The molecule has 0 saturated heterocycles. The minimum absolute atomic E-state index is 0.202. The molecule has 2 rings (SSSR count). The Morgan fingerprint density at radius 2 is 2.00 bits per heavy atom. The summed E-state index contributed by atoms with van der Waals surface area (Å²) in [4.78, 5) is 0.437. The monoisotopic (exact) mass is 279 g/mol. The van der Waals surface area contributed by atoms with Crippen molar-refractivity contribution < 1.29 is 13.3 Å². The van der Waals surface area contributed by atoms with Gasteiger partial charge in [0.05, 0.1) is 34.2 Å². The molecule has 0 heterocycles. The molecule has 5 heteroatoms. The van der Waals surface area contributed by atoms with Crippen LogP contribution in [0.4, 0.5) is 10.1 Å². The molecule has 100 valence electrons. The zero-order valence-electron chi connectivity index (χ0n) is 10.4. The lowest BCUT2D eigenvalue weighted by atomic mass is 10.2. The third-order valence-electron chi connectivity index (χ3n) is 2.70. The molecule has 0 radical (unpaired) electrons. The molecule has 0 aliphatic rings. The molecule has 2 N–H and O–H groups in total. The molecule has 0 aromatic heterocycles. The highest BCUT2D eigenvalue weighted by Gasteiger charge is 2.12. The van der Waals surface area contributed by atoms with Gasteiger partial charge in [-0.2, -0.15) is 0 Å². The van der Waals surface area contributed by atoms with Crippen LogP contribution in [0.25, 0.3) is 0 Å². The van der Waals surface area contributed by atoms with Gasteiger partial charge in [-0.1, -0.05) is 18.2 Å². The average Bonchev–Trinajstić information content (AvgIpc) is 2.39. The Morgan fingerprint density at radius 3 is 2.68 bits per heavy atom. The van der Waals surface area contributed by atoms with Crippen LogP contribution in [0.3, 0.4) is 0 Å². The summed E-state index contributed by atoms with van der Waals surface area (Å²) >= 11 is 0. The van der Waals surface area contributed by atoms with Crippen LogP contribution >= 0.6 is 0 Å². The number of hydrogen-bond donors (Lipinski definition) is 1. The maximum Gasteiger partial charge on any atom is 0.125 e. The van der Waals surface area contributed by atoms with E-state index < -0.39 is 16.6 Å². The third kappa shape index (κ3) is 3.12. The second-order valence-corrected chi connectivity index (χ2v) is 5.40. The average molecular weight is 279 g/mol. The van der Waals surface area contributed by atoms with Crippen molar-refractivity contribution in [2.75, 3.05) is 12.8 Å². The van der Waals surface area contributed by atoms with E-state index in [1.165, 1.54) is 18.2 Å². The molecule has 2 aromatic rings. The number of ether oxygens (including phenoxy) is 1. The van der Waals surface area contributed by atoms with Gasteiger partial charge in [-0.15, -0.1) is 0 Å². The third-order valence-corrected chi connectivity index (χ3v) is 4.13. The van der Waals surface area contributed by atoms with Crippen LogP contribution in [0, 0.1) is 5.82 Å². The van der Waals surface area contributed by atoms with Crippen molar-refractivity contribution >= 4 is 16.5 Å². The van der Waals surface area contributed by atoms with Crippen LogP contribution < -0.4 is 10.5 Å². The van der Waals surface area contributed by atoms with E-state index in [0.29, 0.717) is 10.6 Å². The fourth-order valence-corrected chi connectivity index (χ4v) is 2.99. The summed E-state index contributed by atoms with van der Waals surface area (Å²) in [5, 5.41) is 0. The van der Waals surface area contributed by atoms with Gasteiger partial charge in [0.15, 0.2) is 0 Å². The lowest BCUT2D eigenvalue weighted by molar-refractivity contribution is 0.411. The van der Waals surface area contributed by atoms with Gasteiger partial charge in [0.1, 0.15) is 11.6 Å². The van der Waals surface area contributed by atoms with E-state index in [2.05, 4.69) is 0 Å². The number of methoxy groups -OCH3 is 1. The number of halogens is 1. The molecule has 0 spiro atoms. The molecular formula is C14H14FNO2S. The summed E-state index contributed by atoms with van der Waals surface area (Å²) in [6, 6.07) is 11.2. The molecule has 0 saturated carbocycles. The Balaban J connectivity index is 2.26. The SMILES string of the molecule is COc1ccccc1CS(=O)c1ccc(F)cc1N. The van der Waals surface area contributed by atoms with Gasteiger partial charge in [-0.05, 0) is 24.3 Å². The lowest BCUT2D eigenvalue weighted by Crippen LogP contribution is -2.02. The summed E-state index contributed by atoms with van der Waals surface area (Å²) in [5.74, 6) is 0.520. The largest absolute Gasteiger partial charge is 0.496 e. The second-order valence-electron chi connectivity index (χ2n) is 3.98. The Kier molecular flexibility index (Phi) is 4.16. The van der Waals surface area contributed by atoms with Crippen molar-refractivity contribution in [2.45, 2.75) is 10.6 Å². The van der Waals surface area contributed by atoms with Crippen LogP contribution in [-0.4, -0.2) is 11.3 Å². The van der Waals surface area contributed by atoms with Crippen molar-refractivity contribution in [3.8, 4) is 5.75 Å². The predicted octanol–water partition coefficient (Wildman–Crippen LogP) is 2.72. The number of nitrogens with two attached hydrogens (primary N) is 1. The molecule has 1 unspecified atom stereocenters. The van der Waals surface area contributed by atoms with Crippen molar-refractivity contribution in [1.29, 1.82) is 0 Å². The maximum atomic E-state index is 13.0. The lowest BCUT2D eigenvalue weighted by Gasteiger charge is -2.09. The number of anilines is 1. The van der Waals surface area contributed by atoms with Crippen LogP contribution in [-0.2, 0) is 16.6 Å². The number of nitrogen functional groups attached to an aromatic ring is 1. The minimum Gasteiger partial charge on any atom is -0.496 e. The standard InChI is InChI=1S/C14H14FNO2S/c1-18-13-5-3-2-4-10(13)9-19(17)14-7-6-11(15)8-12(14)16/h2-8H,9,16H2,1H3. The molecule has 0 fully saturated rings. The van der Waals surface area contributed by atoms with Gasteiger partial charge >= 0.3 is 0 Å². The maximum absolute atomic E-state index is 13.0. The zero-order valence-corrected chi connectivity index (χ0v) is 11.2. The number of para-hydroxylation sites is 1. The highest BCUT2D eigenvalue weighted by molar-refractivity contribution is 7.84. The first-order chi connectivity index (χ1) is 9.11. The predicted molar refractivity (Wildman–Crippen MR) is 73.9 cm³/mol. The normalized spacial score (nSPS) is 12.1. The van der Waals surface area contributed by atoms with E-state index in [-0.39, 0.29) is 11.4 Å². The highest BCUT2D eigenvalue weighted by Crippen LogP contribution is 2.24. The fraction of sp³-hybridized carbons (Fsp3) is 0.143. The summed E-state index contributed by atoms with van der Waals surface area (Å²) in [6.07, 6.45) is 0. The molecule has 0 amide bonds. The van der Waals surface area contributed by atoms with Gasteiger partial charge in [-0.25, -0.2) is 4.39 Å². The van der Waals surface area contributed by atoms with E-state index in [4.69, 9.17) is 10.5 Å². The van der Waals surface area contributed by atoms with E-state index in [0.717, 1.165) is 5.56 Å².